The van der Waals surface area contributed by atoms with Gasteiger partial charge in [-0.05, 0) is 44.1 Å². The molecule has 0 aromatic rings. The highest BCUT2D eigenvalue weighted by Crippen LogP contribution is 2.20. The van der Waals surface area contributed by atoms with E-state index >= 15 is 0 Å². The van der Waals surface area contributed by atoms with Crippen LogP contribution in [-0.2, 0) is 0 Å². The van der Waals surface area contributed by atoms with Crippen LogP contribution in [0.25, 0.3) is 0 Å². The predicted octanol–water partition coefficient (Wildman–Crippen LogP) is 1.95. The Labute approximate surface area is 105 Å². The first-order valence-electron chi connectivity index (χ1n) is 6.78. The topological polar surface area (TPSA) is 58.4 Å². The number of nitrogens with two attached hydrogens (primary N) is 1. The van der Waals surface area contributed by atoms with Crippen LogP contribution < -0.4 is 11.1 Å². The van der Waals surface area contributed by atoms with Crippen molar-refractivity contribution < 1.29 is 4.79 Å². The molecule has 0 aromatic heterocycles. The van der Waals surface area contributed by atoms with Crippen molar-refractivity contribution >= 4 is 6.03 Å². The highest BCUT2D eigenvalue weighted by Gasteiger charge is 2.21. The van der Waals surface area contributed by atoms with Crippen molar-refractivity contribution in [2.45, 2.75) is 46.0 Å². The average molecular weight is 241 g/mol. The lowest BCUT2D eigenvalue weighted by atomic mass is 9.88. The van der Waals surface area contributed by atoms with Gasteiger partial charge in [-0.1, -0.05) is 13.8 Å². The second kappa shape index (κ2) is 6.84. The summed E-state index contributed by atoms with van der Waals surface area (Å²) in [6.07, 6.45) is 5.62. The number of hydrogen-bond acceptors (Lipinski definition) is 2. The highest BCUT2D eigenvalue weighted by atomic mass is 16.2. The zero-order valence-corrected chi connectivity index (χ0v) is 11.3. The first-order chi connectivity index (χ1) is 8.05. The first-order valence-corrected chi connectivity index (χ1v) is 6.78. The minimum absolute atomic E-state index is 0.102. The fraction of sp³-hybridized carbons (Fsp3) is 0.923. The van der Waals surface area contributed by atoms with E-state index in [0.717, 1.165) is 51.9 Å². The Bertz CT molecular complexity index is 235. The molecule has 0 aromatic carbocycles. The number of nitrogens with zero attached hydrogens (tertiary/aromatic N) is 1. The summed E-state index contributed by atoms with van der Waals surface area (Å²) in [6.45, 7) is 7.65. The van der Waals surface area contributed by atoms with E-state index < -0.39 is 0 Å². The summed E-state index contributed by atoms with van der Waals surface area (Å²) < 4.78 is 0. The molecule has 4 nitrogen and oxygen atoms in total. The highest BCUT2D eigenvalue weighted by molar-refractivity contribution is 5.74. The Balaban J connectivity index is 2.26. The van der Waals surface area contributed by atoms with Crippen molar-refractivity contribution in [3.05, 3.63) is 0 Å². The molecule has 1 heterocycles. The van der Waals surface area contributed by atoms with E-state index in [9.17, 15) is 4.79 Å². The fourth-order valence-corrected chi connectivity index (χ4v) is 2.19. The van der Waals surface area contributed by atoms with Gasteiger partial charge in [0.1, 0.15) is 0 Å². The Morgan fingerprint density at radius 1 is 1.29 bits per heavy atom. The van der Waals surface area contributed by atoms with Crippen LogP contribution in [0.2, 0.25) is 0 Å². The fourth-order valence-electron chi connectivity index (χ4n) is 2.19. The van der Waals surface area contributed by atoms with E-state index in [1.54, 1.807) is 0 Å². The third-order valence-corrected chi connectivity index (χ3v) is 3.42. The standard InChI is InChI=1S/C13H27N3O/c1-13(2,7-6-8-14)11-15-12(17)16-9-4-3-5-10-16/h3-11,14H2,1-2H3,(H,15,17). The largest absolute Gasteiger partial charge is 0.337 e. The molecular weight excluding hydrogens is 214 g/mol. The van der Waals surface area contributed by atoms with Gasteiger partial charge in [-0.15, -0.1) is 0 Å². The Kier molecular flexibility index (Phi) is 5.75. The molecule has 1 aliphatic rings. The summed E-state index contributed by atoms with van der Waals surface area (Å²) in [5.74, 6) is 0. The summed E-state index contributed by atoms with van der Waals surface area (Å²) >= 11 is 0. The molecule has 0 bridgehead atoms. The van der Waals surface area contributed by atoms with Crippen LogP contribution in [0.4, 0.5) is 4.79 Å². The third-order valence-electron chi connectivity index (χ3n) is 3.42. The molecule has 0 radical (unpaired) electrons. The number of piperidine rings is 1. The first kappa shape index (κ1) is 14.3. The molecule has 17 heavy (non-hydrogen) atoms. The van der Waals surface area contributed by atoms with Crippen molar-refractivity contribution in [3.63, 3.8) is 0 Å². The summed E-state index contributed by atoms with van der Waals surface area (Å²) in [5.41, 5.74) is 5.66. The smallest absolute Gasteiger partial charge is 0.317 e. The van der Waals surface area contributed by atoms with Crippen LogP contribution in [0.15, 0.2) is 0 Å². The zero-order valence-electron chi connectivity index (χ0n) is 11.3. The van der Waals surface area contributed by atoms with Crippen LogP contribution in [0.1, 0.15) is 46.0 Å². The van der Waals surface area contributed by atoms with Crippen LogP contribution in [0.5, 0.6) is 0 Å². The normalized spacial score (nSPS) is 17.0. The SMILES string of the molecule is CC(C)(CCCN)CNC(=O)N1CCCCC1. The van der Waals surface area contributed by atoms with Crippen LogP contribution in [0, 0.1) is 5.41 Å². The van der Waals surface area contributed by atoms with Crippen molar-refractivity contribution in [2.24, 2.45) is 11.1 Å². The summed E-state index contributed by atoms with van der Waals surface area (Å²) in [5, 5.41) is 3.05. The molecule has 0 aliphatic carbocycles. The van der Waals surface area contributed by atoms with E-state index in [1.807, 2.05) is 4.90 Å². The van der Waals surface area contributed by atoms with Gasteiger partial charge in [-0.25, -0.2) is 4.79 Å². The molecule has 100 valence electrons. The number of urea groups is 1. The number of carbonyl (C=O) groups is 1. The minimum Gasteiger partial charge on any atom is -0.337 e. The van der Waals surface area contributed by atoms with E-state index in [2.05, 4.69) is 19.2 Å². The lowest BCUT2D eigenvalue weighted by molar-refractivity contribution is 0.180. The molecule has 1 saturated heterocycles. The minimum atomic E-state index is 0.102. The number of rotatable bonds is 5. The molecule has 1 aliphatic heterocycles. The van der Waals surface area contributed by atoms with Gasteiger partial charge in [0.25, 0.3) is 0 Å². The Hall–Kier alpha value is -0.770. The van der Waals surface area contributed by atoms with Gasteiger partial charge in [0.05, 0.1) is 0 Å². The van der Waals surface area contributed by atoms with Gasteiger partial charge < -0.3 is 16.0 Å². The Morgan fingerprint density at radius 3 is 2.53 bits per heavy atom. The second-order valence-electron chi connectivity index (χ2n) is 5.76. The van der Waals surface area contributed by atoms with Crippen LogP contribution in [-0.4, -0.2) is 37.1 Å². The molecule has 0 unspecified atom stereocenters. The van der Waals surface area contributed by atoms with E-state index in [1.165, 1.54) is 6.42 Å². The lowest BCUT2D eigenvalue weighted by Gasteiger charge is -2.30. The average Bonchev–Trinajstić information content (AvgIpc) is 2.35. The van der Waals surface area contributed by atoms with E-state index in [-0.39, 0.29) is 11.4 Å². The number of amides is 2. The van der Waals surface area contributed by atoms with Crippen molar-refractivity contribution in [2.75, 3.05) is 26.2 Å². The van der Waals surface area contributed by atoms with E-state index in [0.29, 0.717) is 0 Å². The molecule has 1 rings (SSSR count). The summed E-state index contributed by atoms with van der Waals surface area (Å²) in [7, 11) is 0. The maximum absolute atomic E-state index is 11.9. The van der Waals surface area contributed by atoms with Gasteiger partial charge >= 0.3 is 6.03 Å². The molecule has 3 N–H and O–H groups in total. The second-order valence-corrected chi connectivity index (χ2v) is 5.76. The molecule has 0 saturated carbocycles. The monoisotopic (exact) mass is 241 g/mol. The van der Waals surface area contributed by atoms with Crippen molar-refractivity contribution in [3.8, 4) is 0 Å². The van der Waals surface area contributed by atoms with Gasteiger partial charge in [0, 0.05) is 19.6 Å². The summed E-state index contributed by atoms with van der Waals surface area (Å²) in [4.78, 5) is 13.8. The van der Waals surface area contributed by atoms with Gasteiger partial charge in [-0.2, -0.15) is 0 Å². The van der Waals surface area contributed by atoms with Crippen LogP contribution in [0.3, 0.4) is 0 Å². The number of likely N-dealkylation sites (tertiary alicyclic amines) is 1. The van der Waals surface area contributed by atoms with E-state index in [4.69, 9.17) is 5.73 Å². The molecule has 0 spiro atoms. The zero-order chi connectivity index (χ0) is 12.7. The van der Waals surface area contributed by atoms with Gasteiger partial charge in [-0.3, -0.25) is 0 Å². The number of hydrogen-bond donors (Lipinski definition) is 2. The molecule has 4 heteroatoms. The predicted molar refractivity (Wildman–Crippen MR) is 70.9 cm³/mol. The number of carbonyl (C=O) groups excluding carboxylic acids is 1. The van der Waals surface area contributed by atoms with Crippen molar-refractivity contribution in [1.82, 2.24) is 10.2 Å². The molecule has 2 amide bonds. The Morgan fingerprint density at radius 2 is 1.94 bits per heavy atom. The van der Waals surface area contributed by atoms with Gasteiger partial charge in [0.15, 0.2) is 0 Å². The third kappa shape index (κ3) is 5.39. The molecular formula is C13H27N3O. The number of nitrogens with one attached hydrogen (secondary N) is 1. The molecule has 0 atom stereocenters. The van der Waals surface area contributed by atoms with Crippen LogP contribution >= 0.6 is 0 Å². The summed E-state index contributed by atoms with van der Waals surface area (Å²) in [6, 6.07) is 0.102. The lowest BCUT2D eigenvalue weighted by Crippen LogP contribution is -2.45. The van der Waals surface area contributed by atoms with Crippen molar-refractivity contribution in [1.29, 1.82) is 0 Å². The quantitative estimate of drug-likeness (QED) is 0.773. The maximum atomic E-state index is 11.9. The van der Waals surface area contributed by atoms with Gasteiger partial charge in [0.2, 0.25) is 0 Å². The maximum Gasteiger partial charge on any atom is 0.317 e. The molecule has 1 fully saturated rings.